The Morgan fingerprint density at radius 3 is 2.82 bits per heavy atom. The minimum absolute atomic E-state index is 0.332. The van der Waals surface area contributed by atoms with E-state index in [4.69, 9.17) is 5.26 Å². The van der Waals surface area contributed by atoms with Gasteiger partial charge < -0.3 is 4.90 Å². The van der Waals surface area contributed by atoms with Crippen LogP contribution in [0.1, 0.15) is 11.3 Å². The Morgan fingerprint density at radius 2 is 2.18 bits per heavy atom. The smallest absolute Gasteiger partial charge is 0.183 e. The van der Waals surface area contributed by atoms with Crippen LogP contribution in [0.15, 0.2) is 24.8 Å². The maximum absolute atomic E-state index is 8.94. The molecule has 0 radical (unpaired) electrons. The first-order valence-electron chi connectivity index (χ1n) is 5.10. The fourth-order valence-electron chi connectivity index (χ4n) is 1.59. The van der Waals surface area contributed by atoms with E-state index in [1.165, 1.54) is 6.20 Å². The SMILES string of the molecule is CN(Cc1cnn(C)c1)c1nccnc1C#N. The third-order valence-corrected chi connectivity index (χ3v) is 2.32. The van der Waals surface area contributed by atoms with Gasteiger partial charge in [-0.1, -0.05) is 0 Å². The lowest BCUT2D eigenvalue weighted by molar-refractivity contribution is 0.766. The van der Waals surface area contributed by atoms with Crippen molar-refractivity contribution < 1.29 is 0 Å². The van der Waals surface area contributed by atoms with Gasteiger partial charge in [-0.15, -0.1) is 0 Å². The quantitative estimate of drug-likeness (QED) is 0.774. The second-order valence-electron chi connectivity index (χ2n) is 3.72. The average Bonchev–Trinajstić information content (AvgIpc) is 2.74. The van der Waals surface area contributed by atoms with Crippen LogP contribution in [0.3, 0.4) is 0 Å². The van der Waals surface area contributed by atoms with Gasteiger partial charge in [0.2, 0.25) is 0 Å². The topological polar surface area (TPSA) is 70.6 Å². The number of hydrogen-bond acceptors (Lipinski definition) is 5. The summed E-state index contributed by atoms with van der Waals surface area (Å²) in [6.07, 6.45) is 6.81. The van der Waals surface area contributed by atoms with E-state index in [-0.39, 0.29) is 0 Å². The zero-order chi connectivity index (χ0) is 12.3. The second kappa shape index (κ2) is 4.61. The van der Waals surface area contributed by atoms with Gasteiger partial charge in [0.1, 0.15) is 6.07 Å². The van der Waals surface area contributed by atoms with Gasteiger partial charge in [-0.05, 0) is 0 Å². The molecule has 0 fully saturated rings. The molecule has 2 aromatic heterocycles. The monoisotopic (exact) mass is 228 g/mol. The molecule has 0 aliphatic rings. The predicted molar refractivity (Wildman–Crippen MR) is 62.1 cm³/mol. The van der Waals surface area contributed by atoms with E-state index < -0.39 is 0 Å². The highest BCUT2D eigenvalue weighted by Crippen LogP contribution is 2.14. The molecule has 0 aromatic carbocycles. The Hall–Kier alpha value is -2.42. The van der Waals surface area contributed by atoms with Crippen LogP contribution in [0.2, 0.25) is 0 Å². The Morgan fingerprint density at radius 1 is 1.41 bits per heavy atom. The molecule has 0 bridgehead atoms. The van der Waals surface area contributed by atoms with Gasteiger partial charge in [0.15, 0.2) is 11.5 Å². The number of aromatic nitrogens is 4. The molecule has 6 nitrogen and oxygen atoms in total. The molecule has 2 heterocycles. The van der Waals surface area contributed by atoms with Gasteiger partial charge in [0.25, 0.3) is 0 Å². The van der Waals surface area contributed by atoms with Crippen LogP contribution in [0.4, 0.5) is 5.82 Å². The lowest BCUT2D eigenvalue weighted by atomic mass is 10.3. The molecule has 0 aliphatic carbocycles. The van der Waals surface area contributed by atoms with Crippen LogP contribution >= 0.6 is 0 Å². The van der Waals surface area contributed by atoms with E-state index in [9.17, 15) is 0 Å². The van der Waals surface area contributed by atoms with Crippen molar-refractivity contribution in [3.63, 3.8) is 0 Å². The molecule has 2 aromatic rings. The highest BCUT2D eigenvalue weighted by atomic mass is 15.2. The molecular formula is C11H12N6. The van der Waals surface area contributed by atoms with Gasteiger partial charge in [-0.2, -0.15) is 10.4 Å². The van der Waals surface area contributed by atoms with Gasteiger partial charge in [0, 0.05) is 44.8 Å². The Balaban J connectivity index is 2.20. The maximum atomic E-state index is 8.94. The molecule has 0 saturated heterocycles. The standard InChI is InChI=1S/C11H12N6/c1-16(7-9-6-15-17(2)8-9)11-10(5-12)13-3-4-14-11/h3-4,6,8H,7H2,1-2H3. The van der Waals surface area contributed by atoms with E-state index >= 15 is 0 Å². The van der Waals surface area contributed by atoms with Crippen LogP contribution in [0, 0.1) is 11.3 Å². The van der Waals surface area contributed by atoms with Gasteiger partial charge >= 0.3 is 0 Å². The van der Waals surface area contributed by atoms with Crippen molar-refractivity contribution in [3.05, 3.63) is 36.0 Å². The van der Waals surface area contributed by atoms with Gasteiger partial charge in [-0.3, -0.25) is 4.68 Å². The van der Waals surface area contributed by atoms with Crippen LogP contribution in [0.5, 0.6) is 0 Å². The molecule has 0 atom stereocenters. The molecule has 2 rings (SSSR count). The summed E-state index contributed by atoms with van der Waals surface area (Å²) in [6.45, 7) is 0.640. The zero-order valence-electron chi connectivity index (χ0n) is 9.70. The zero-order valence-corrected chi connectivity index (χ0v) is 9.70. The number of aryl methyl sites for hydroxylation is 1. The summed E-state index contributed by atoms with van der Waals surface area (Å²) in [7, 11) is 3.74. The summed E-state index contributed by atoms with van der Waals surface area (Å²) in [4.78, 5) is 10.0. The molecule has 0 N–H and O–H groups in total. The maximum Gasteiger partial charge on any atom is 0.183 e. The fourth-order valence-corrected chi connectivity index (χ4v) is 1.59. The van der Waals surface area contributed by atoms with Crippen molar-refractivity contribution >= 4 is 5.82 Å². The van der Waals surface area contributed by atoms with Crippen molar-refractivity contribution in [1.82, 2.24) is 19.7 Å². The molecule has 0 aliphatic heterocycles. The number of nitrogens with zero attached hydrogens (tertiary/aromatic N) is 6. The summed E-state index contributed by atoms with van der Waals surface area (Å²) >= 11 is 0. The van der Waals surface area contributed by atoms with Crippen LogP contribution < -0.4 is 4.90 Å². The largest absolute Gasteiger partial charge is 0.353 e. The van der Waals surface area contributed by atoms with Gasteiger partial charge in [0.05, 0.1) is 6.20 Å². The summed E-state index contributed by atoms with van der Waals surface area (Å²) < 4.78 is 1.74. The van der Waals surface area contributed by atoms with E-state index in [2.05, 4.69) is 15.1 Å². The molecule has 0 saturated carbocycles. The van der Waals surface area contributed by atoms with Crippen LogP contribution in [0.25, 0.3) is 0 Å². The van der Waals surface area contributed by atoms with Crippen LogP contribution in [-0.2, 0) is 13.6 Å². The number of hydrogen-bond donors (Lipinski definition) is 0. The predicted octanol–water partition coefficient (Wildman–Crippen LogP) is 0.718. The Kier molecular flexibility index (Phi) is 3.01. The minimum Gasteiger partial charge on any atom is -0.353 e. The molecule has 17 heavy (non-hydrogen) atoms. The number of nitriles is 1. The van der Waals surface area contributed by atoms with Gasteiger partial charge in [-0.25, -0.2) is 9.97 Å². The summed E-state index contributed by atoms with van der Waals surface area (Å²) in [5.41, 5.74) is 1.39. The number of anilines is 1. The van der Waals surface area contributed by atoms with E-state index in [1.807, 2.05) is 31.3 Å². The third-order valence-electron chi connectivity index (χ3n) is 2.32. The van der Waals surface area contributed by atoms with Crippen molar-refractivity contribution in [2.24, 2.45) is 7.05 Å². The van der Waals surface area contributed by atoms with Crippen LogP contribution in [-0.4, -0.2) is 26.8 Å². The summed E-state index contributed by atoms with van der Waals surface area (Å²) in [5.74, 6) is 0.582. The lowest BCUT2D eigenvalue weighted by Gasteiger charge is -2.17. The highest BCUT2D eigenvalue weighted by Gasteiger charge is 2.10. The molecule has 0 unspecified atom stereocenters. The molecule has 0 amide bonds. The molecule has 0 spiro atoms. The Bertz CT molecular complexity index is 553. The highest BCUT2D eigenvalue weighted by molar-refractivity contribution is 5.48. The summed E-state index contributed by atoms with van der Waals surface area (Å²) in [5, 5.41) is 13.0. The lowest BCUT2D eigenvalue weighted by Crippen LogP contribution is -2.19. The normalized spacial score (nSPS) is 9.94. The first-order chi connectivity index (χ1) is 8.20. The fraction of sp³-hybridized carbons (Fsp3) is 0.273. The van der Waals surface area contributed by atoms with Crippen molar-refractivity contribution in [2.75, 3.05) is 11.9 Å². The van der Waals surface area contributed by atoms with E-state index in [0.717, 1.165) is 5.56 Å². The molecular weight excluding hydrogens is 216 g/mol. The summed E-state index contributed by atoms with van der Waals surface area (Å²) in [6, 6.07) is 2.03. The van der Waals surface area contributed by atoms with E-state index in [0.29, 0.717) is 18.1 Å². The van der Waals surface area contributed by atoms with Crippen molar-refractivity contribution in [2.45, 2.75) is 6.54 Å². The first-order valence-corrected chi connectivity index (χ1v) is 5.10. The molecule has 86 valence electrons. The van der Waals surface area contributed by atoms with Crippen molar-refractivity contribution in [3.8, 4) is 6.07 Å². The number of rotatable bonds is 3. The minimum atomic E-state index is 0.332. The first kappa shape index (κ1) is 11.1. The van der Waals surface area contributed by atoms with Crippen molar-refractivity contribution in [1.29, 1.82) is 5.26 Å². The second-order valence-corrected chi connectivity index (χ2v) is 3.72. The Labute approximate surface area is 99.1 Å². The van der Waals surface area contributed by atoms with E-state index in [1.54, 1.807) is 17.1 Å². The average molecular weight is 228 g/mol. The third kappa shape index (κ3) is 2.39. The molecule has 6 heteroatoms.